The molecule has 1 unspecified atom stereocenters. The van der Waals surface area contributed by atoms with E-state index in [0.717, 1.165) is 22.0 Å². The second-order valence-corrected chi connectivity index (χ2v) is 6.53. The Morgan fingerprint density at radius 1 is 1.11 bits per heavy atom. The molecule has 27 heavy (non-hydrogen) atoms. The Labute approximate surface area is 159 Å². The van der Waals surface area contributed by atoms with Crippen LogP contribution in [0.4, 0.5) is 0 Å². The van der Waals surface area contributed by atoms with E-state index in [2.05, 4.69) is 4.98 Å². The minimum atomic E-state index is -0.441. The number of aromatic nitrogens is 1. The molecule has 7 nitrogen and oxygen atoms in total. The maximum absolute atomic E-state index is 12.7. The highest BCUT2D eigenvalue weighted by atomic mass is 16.5. The van der Waals surface area contributed by atoms with E-state index in [9.17, 15) is 9.59 Å². The second kappa shape index (κ2) is 8.73. The Morgan fingerprint density at radius 2 is 1.81 bits per heavy atom. The van der Waals surface area contributed by atoms with Crippen LogP contribution >= 0.6 is 0 Å². The van der Waals surface area contributed by atoms with Gasteiger partial charge >= 0.3 is 5.97 Å². The monoisotopic (exact) mass is 375 g/mol. The number of likely N-dealkylation sites (N-methyl/N-ethyl adjacent to an activating group) is 1. The molecule has 2 rings (SSSR count). The summed E-state index contributed by atoms with van der Waals surface area (Å²) in [5.74, 6) is 0.942. The summed E-state index contributed by atoms with van der Waals surface area (Å²) in [6.45, 7) is 4.40. The lowest BCUT2D eigenvalue weighted by Crippen LogP contribution is -3.08. The summed E-state index contributed by atoms with van der Waals surface area (Å²) in [5, 5.41) is 0. The average Bonchev–Trinajstić information content (AvgIpc) is 2.95. The average molecular weight is 375 g/mol. The third-order valence-corrected chi connectivity index (χ3v) is 4.55. The highest BCUT2D eigenvalue weighted by molar-refractivity contribution is 6.01. The van der Waals surface area contributed by atoms with E-state index in [0.29, 0.717) is 29.1 Å². The van der Waals surface area contributed by atoms with Crippen LogP contribution in [-0.4, -0.2) is 51.7 Å². The molecule has 0 fully saturated rings. The number of rotatable bonds is 8. The van der Waals surface area contributed by atoms with Crippen LogP contribution in [0.25, 0.3) is 0 Å². The molecule has 0 radical (unpaired) electrons. The van der Waals surface area contributed by atoms with E-state index in [1.54, 1.807) is 28.1 Å². The quantitative estimate of drug-likeness (QED) is 0.537. The Kier molecular flexibility index (Phi) is 6.63. The number of H-pyrrole nitrogens is 1. The molecule has 146 valence electrons. The van der Waals surface area contributed by atoms with Gasteiger partial charge in [0.25, 0.3) is 0 Å². The third-order valence-electron chi connectivity index (χ3n) is 4.55. The molecule has 0 amide bonds. The van der Waals surface area contributed by atoms with Gasteiger partial charge in [-0.05, 0) is 31.5 Å². The summed E-state index contributed by atoms with van der Waals surface area (Å²) < 4.78 is 15.4. The van der Waals surface area contributed by atoms with Gasteiger partial charge in [0.15, 0.2) is 0 Å². The van der Waals surface area contributed by atoms with Crippen molar-refractivity contribution < 1.29 is 28.7 Å². The smallest absolute Gasteiger partial charge is 0.339 e. The van der Waals surface area contributed by atoms with Crippen molar-refractivity contribution in [1.82, 2.24) is 4.98 Å². The largest absolute Gasteiger partial charge is 0.497 e. The van der Waals surface area contributed by atoms with Crippen molar-refractivity contribution in [1.29, 1.82) is 0 Å². The Hall–Kier alpha value is -2.80. The number of quaternary nitrogens is 1. The summed E-state index contributed by atoms with van der Waals surface area (Å²) in [4.78, 5) is 28.7. The van der Waals surface area contributed by atoms with E-state index < -0.39 is 5.97 Å². The number of aromatic amines is 1. The summed E-state index contributed by atoms with van der Waals surface area (Å²) in [5.41, 5.74) is 3.12. The fourth-order valence-corrected chi connectivity index (χ4v) is 3.19. The summed E-state index contributed by atoms with van der Waals surface area (Å²) in [7, 11) is 6.48. The standard InChI is InChI=1S/C20H26N2O5/c1-12-18(20(24)27-6)13(2)21-19(12)16(23)11-22(3)10-14-7-8-15(25-4)9-17(14)26-5/h7-9,21H,10-11H2,1-6H3/p+1. The van der Waals surface area contributed by atoms with Crippen LogP contribution < -0.4 is 14.4 Å². The lowest BCUT2D eigenvalue weighted by molar-refractivity contribution is -0.884. The van der Waals surface area contributed by atoms with E-state index in [4.69, 9.17) is 14.2 Å². The molecule has 0 bridgehead atoms. The number of hydrogen-bond acceptors (Lipinski definition) is 5. The van der Waals surface area contributed by atoms with Crippen molar-refractivity contribution in [3.63, 3.8) is 0 Å². The van der Waals surface area contributed by atoms with Gasteiger partial charge in [0.1, 0.15) is 24.6 Å². The number of benzene rings is 1. The van der Waals surface area contributed by atoms with Gasteiger partial charge in [-0.1, -0.05) is 0 Å². The van der Waals surface area contributed by atoms with Crippen molar-refractivity contribution in [2.24, 2.45) is 0 Å². The number of hydrogen-bond donors (Lipinski definition) is 2. The molecule has 0 aliphatic heterocycles. The number of esters is 1. The zero-order valence-electron chi connectivity index (χ0n) is 16.7. The molecule has 0 saturated heterocycles. The number of methoxy groups -OCH3 is 3. The molecule has 2 N–H and O–H groups in total. The number of nitrogens with one attached hydrogen (secondary N) is 2. The number of ketones is 1. The molecule has 7 heteroatoms. The molecule has 1 aromatic heterocycles. The van der Waals surface area contributed by atoms with Crippen LogP contribution in [0.3, 0.4) is 0 Å². The maximum atomic E-state index is 12.7. The first kappa shape index (κ1) is 20.5. The SMILES string of the molecule is COC(=O)c1c(C)[nH]c(C(=O)C[NH+](C)Cc2ccc(OC)cc2OC)c1C. The van der Waals surface area contributed by atoms with Crippen molar-refractivity contribution in [3.8, 4) is 11.5 Å². The molecule has 1 heterocycles. The zero-order valence-corrected chi connectivity index (χ0v) is 16.7. The number of Topliss-reactive ketones (excluding diaryl/α,β-unsaturated/α-hetero) is 1. The normalized spacial score (nSPS) is 11.8. The lowest BCUT2D eigenvalue weighted by atomic mass is 10.1. The van der Waals surface area contributed by atoms with Crippen molar-refractivity contribution >= 4 is 11.8 Å². The van der Waals surface area contributed by atoms with E-state index in [-0.39, 0.29) is 12.3 Å². The van der Waals surface area contributed by atoms with Gasteiger partial charge in [-0.15, -0.1) is 0 Å². The predicted octanol–water partition coefficient (Wildman–Crippen LogP) is 1.33. The number of carbonyl (C=O) groups is 2. The van der Waals surface area contributed by atoms with E-state index in [1.165, 1.54) is 7.11 Å². The first-order valence-electron chi connectivity index (χ1n) is 8.65. The van der Waals surface area contributed by atoms with Crippen LogP contribution in [0, 0.1) is 13.8 Å². The van der Waals surface area contributed by atoms with Crippen molar-refractivity contribution in [3.05, 3.63) is 46.3 Å². The van der Waals surface area contributed by atoms with Gasteiger partial charge in [-0.25, -0.2) is 4.79 Å². The van der Waals surface area contributed by atoms with Crippen molar-refractivity contribution in [2.45, 2.75) is 20.4 Å². The van der Waals surface area contributed by atoms with Crippen molar-refractivity contribution in [2.75, 3.05) is 34.9 Å². The minimum Gasteiger partial charge on any atom is -0.497 e. The molecular formula is C20H27N2O5+. The maximum Gasteiger partial charge on any atom is 0.339 e. The second-order valence-electron chi connectivity index (χ2n) is 6.53. The van der Waals surface area contributed by atoms with Gasteiger partial charge < -0.3 is 24.1 Å². The minimum absolute atomic E-state index is 0.0595. The molecule has 0 aliphatic rings. The van der Waals surface area contributed by atoms with Gasteiger partial charge in [0.2, 0.25) is 5.78 Å². The number of ether oxygens (including phenoxy) is 3. The van der Waals surface area contributed by atoms with Crippen LogP contribution in [0.5, 0.6) is 11.5 Å². The van der Waals surface area contributed by atoms with E-state index in [1.807, 2.05) is 25.2 Å². The van der Waals surface area contributed by atoms with Gasteiger partial charge in [0.05, 0.1) is 39.6 Å². The molecule has 0 saturated carbocycles. The number of aryl methyl sites for hydroxylation is 1. The molecule has 1 aromatic carbocycles. The summed E-state index contributed by atoms with van der Waals surface area (Å²) in [6.07, 6.45) is 0. The van der Waals surface area contributed by atoms with E-state index >= 15 is 0 Å². The van der Waals surface area contributed by atoms with Crippen LogP contribution in [0.1, 0.15) is 37.7 Å². The lowest BCUT2D eigenvalue weighted by Gasteiger charge is -2.16. The predicted molar refractivity (Wildman–Crippen MR) is 101 cm³/mol. The molecular weight excluding hydrogens is 348 g/mol. The van der Waals surface area contributed by atoms with Crippen LogP contribution in [0.2, 0.25) is 0 Å². The Bertz CT molecular complexity index is 841. The first-order chi connectivity index (χ1) is 12.8. The highest BCUT2D eigenvalue weighted by Crippen LogP contribution is 2.24. The fraction of sp³-hybridized carbons (Fsp3) is 0.400. The number of carbonyl (C=O) groups excluding carboxylic acids is 2. The fourth-order valence-electron chi connectivity index (χ4n) is 3.19. The Morgan fingerprint density at radius 3 is 2.41 bits per heavy atom. The molecule has 0 spiro atoms. The third kappa shape index (κ3) is 4.49. The first-order valence-corrected chi connectivity index (χ1v) is 8.65. The van der Waals surface area contributed by atoms with Gasteiger partial charge in [-0.2, -0.15) is 0 Å². The summed E-state index contributed by atoms with van der Waals surface area (Å²) >= 11 is 0. The molecule has 1 atom stereocenters. The van der Waals surface area contributed by atoms with Crippen LogP contribution in [0.15, 0.2) is 18.2 Å². The summed E-state index contributed by atoms with van der Waals surface area (Å²) in [6, 6.07) is 5.63. The molecule has 0 aliphatic carbocycles. The van der Waals surface area contributed by atoms with Crippen LogP contribution in [-0.2, 0) is 11.3 Å². The molecule has 2 aromatic rings. The highest BCUT2D eigenvalue weighted by Gasteiger charge is 2.24. The van der Waals surface area contributed by atoms with Gasteiger partial charge in [-0.3, -0.25) is 4.79 Å². The van der Waals surface area contributed by atoms with Gasteiger partial charge in [0, 0.05) is 17.3 Å². The zero-order chi connectivity index (χ0) is 20.1. The Balaban J connectivity index is 2.14. The topological polar surface area (TPSA) is 82.1 Å².